The van der Waals surface area contributed by atoms with E-state index in [-0.39, 0.29) is 11.7 Å². The van der Waals surface area contributed by atoms with Gasteiger partial charge in [0.05, 0.1) is 6.42 Å². The molecule has 5 heteroatoms. The average Bonchev–Trinajstić information content (AvgIpc) is 2.57. The summed E-state index contributed by atoms with van der Waals surface area (Å²) in [7, 11) is 0. The molecular formula is C19H22FN3O. The summed E-state index contributed by atoms with van der Waals surface area (Å²) in [4.78, 5) is 16.5. The Balaban J connectivity index is 1.49. The Bertz CT molecular complexity index is 694. The summed E-state index contributed by atoms with van der Waals surface area (Å²) in [5.41, 5.74) is 8.32. The van der Waals surface area contributed by atoms with Crippen LogP contribution in [-0.4, -0.2) is 41.9 Å². The number of amides is 1. The van der Waals surface area contributed by atoms with Gasteiger partial charge in [-0.25, -0.2) is 4.39 Å². The van der Waals surface area contributed by atoms with E-state index in [1.807, 2.05) is 35.2 Å². The van der Waals surface area contributed by atoms with Crippen LogP contribution in [0.5, 0.6) is 0 Å². The molecule has 1 aliphatic heterocycles. The molecule has 0 saturated carbocycles. The van der Waals surface area contributed by atoms with Crippen molar-refractivity contribution in [2.75, 3.05) is 31.9 Å². The predicted octanol–water partition coefficient (Wildman–Crippen LogP) is 2.29. The number of nitrogens with zero attached hydrogens (tertiary/aromatic N) is 2. The maximum atomic E-state index is 13.2. The van der Waals surface area contributed by atoms with Crippen molar-refractivity contribution >= 4 is 11.6 Å². The maximum Gasteiger partial charge on any atom is 0.227 e. The smallest absolute Gasteiger partial charge is 0.227 e. The number of hydrogen-bond acceptors (Lipinski definition) is 3. The minimum absolute atomic E-state index is 0.144. The van der Waals surface area contributed by atoms with Crippen LogP contribution < -0.4 is 5.73 Å². The number of piperazine rings is 1. The zero-order valence-corrected chi connectivity index (χ0v) is 13.6. The largest absolute Gasteiger partial charge is 0.399 e. The fourth-order valence-corrected chi connectivity index (χ4v) is 2.97. The van der Waals surface area contributed by atoms with Gasteiger partial charge in [0.25, 0.3) is 0 Å². The van der Waals surface area contributed by atoms with Crippen LogP contribution in [0.15, 0.2) is 48.5 Å². The van der Waals surface area contributed by atoms with E-state index < -0.39 is 0 Å². The summed E-state index contributed by atoms with van der Waals surface area (Å²) >= 11 is 0. The molecule has 126 valence electrons. The highest BCUT2D eigenvalue weighted by atomic mass is 19.1. The fourth-order valence-electron chi connectivity index (χ4n) is 2.97. The number of nitrogens with two attached hydrogens (primary N) is 1. The van der Waals surface area contributed by atoms with Gasteiger partial charge < -0.3 is 10.6 Å². The number of benzene rings is 2. The molecule has 0 radical (unpaired) electrons. The van der Waals surface area contributed by atoms with Crippen molar-refractivity contribution in [1.29, 1.82) is 0 Å². The number of nitrogen functional groups attached to an aromatic ring is 1. The number of rotatable bonds is 4. The Morgan fingerprint density at radius 1 is 1.00 bits per heavy atom. The minimum atomic E-state index is -0.204. The summed E-state index contributed by atoms with van der Waals surface area (Å²) in [5, 5.41) is 0. The minimum Gasteiger partial charge on any atom is -0.399 e. The highest BCUT2D eigenvalue weighted by molar-refractivity contribution is 5.79. The summed E-state index contributed by atoms with van der Waals surface area (Å²) in [6, 6.07) is 14.1. The molecule has 2 aromatic carbocycles. The van der Waals surface area contributed by atoms with Gasteiger partial charge in [-0.05, 0) is 35.4 Å². The Morgan fingerprint density at radius 3 is 2.38 bits per heavy atom. The fraction of sp³-hybridized carbons (Fsp3) is 0.316. The van der Waals surface area contributed by atoms with Crippen molar-refractivity contribution in [3.8, 4) is 0 Å². The van der Waals surface area contributed by atoms with Crippen LogP contribution in [0.3, 0.4) is 0 Å². The molecule has 2 N–H and O–H groups in total. The lowest BCUT2D eigenvalue weighted by molar-refractivity contribution is -0.132. The molecule has 0 atom stereocenters. The monoisotopic (exact) mass is 327 g/mol. The van der Waals surface area contributed by atoms with Crippen LogP contribution in [-0.2, 0) is 17.8 Å². The van der Waals surface area contributed by atoms with Gasteiger partial charge in [0.15, 0.2) is 0 Å². The zero-order valence-electron chi connectivity index (χ0n) is 13.6. The first kappa shape index (κ1) is 16.5. The van der Waals surface area contributed by atoms with Crippen molar-refractivity contribution in [2.24, 2.45) is 0 Å². The second-order valence-corrected chi connectivity index (χ2v) is 6.21. The van der Waals surface area contributed by atoms with Gasteiger partial charge >= 0.3 is 0 Å². The summed E-state index contributed by atoms with van der Waals surface area (Å²) in [5.74, 6) is -0.0602. The van der Waals surface area contributed by atoms with Gasteiger partial charge in [-0.2, -0.15) is 0 Å². The second-order valence-electron chi connectivity index (χ2n) is 6.21. The zero-order chi connectivity index (χ0) is 16.9. The van der Waals surface area contributed by atoms with E-state index in [0.29, 0.717) is 25.2 Å². The van der Waals surface area contributed by atoms with Gasteiger partial charge in [0, 0.05) is 38.4 Å². The van der Waals surface area contributed by atoms with Crippen molar-refractivity contribution in [2.45, 2.75) is 13.0 Å². The van der Waals surface area contributed by atoms with Crippen LogP contribution in [0.25, 0.3) is 0 Å². The number of halogens is 1. The Kier molecular flexibility index (Phi) is 5.11. The molecule has 24 heavy (non-hydrogen) atoms. The topological polar surface area (TPSA) is 49.6 Å². The van der Waals surface area contributed by atoms with Gasteiger partial charge in [0.1, 0.15) is 5.82 Å². The molecule has 0 spiro atoms. The van der Waals surface area contributed by atoms with Gasteiger partial charge in [0.2, 0.25) is 5.91 Å². The van der Waals surface area contributed by atoms with Gasteiger partial charge in [-0.1, -0.05) is 24.3 Å². The Hall–Kier alpha value is -2.40. The molecule has 1 amide bonds. The van der Waals surface area contributed by atoms with Crippen LogP contribution in [0, 0.1) is 5.82 Å². The van der Waals surface area contributed by atoms with E-state index in [4.69, 9.17) is 5.73 Å². The van der Waals surface area contributed by atoms with E-state index in [1.165, 1.54) is 6.07 Å². The molecule has 0 unspecified atom stereocenters. The van der Waals surface area contributed by atoms with E-state index in [1.54, 1.807) is 12.1 Å². The third kappa shape index (κ3) is 4.32. The van der Waals surface area contributed by atoms with Crippen molar-refractivity contribution in [3.05, 3.63) is 65.5 Å². The standard InChI is InChI=1S/C19H22FN3O/c20-17-3-1-2-16(12-17)14-22-8-10-23(11-9-22)19(24)13-15-4-6-18(21)7-5-15/h1-7,12H,8-11,13-14,21H2. The SMILES string of the molecule is Nc1ccc(CC(=O)N2CCN(Cc3cccc(F)c3)CC2)cc1. The normalized spacial score (nSPS) is 15.5. The molecule has 1 saturated heterocycles. The first-order chi connectivity index (χ1) is 11.6. The summed E-state index contributed by atoms with van der Waals surface area (Å²) < 4.78 is 13.2. The van der Waals surface area contributed by atoms with Crippen LogP contribution in [0.2, 0.25) is 0 Å². The highest BCUT2D eigenvalue weighted by Gasteiger charge is 2.21. The van der Waals surface area contributed by atoms with E-state index in [0.717, 1.165) is 30.8 Å². The highest BCUT2D eigenvalue weighted by Crippen LogP contribution is 2.12. The second kappa shape index (κ2) is 7.45. The first-order valence-corrected chi connectivity index (χ1v) is 8.19. The van der Waals surface area contributed by atoms with Gasteiger partial charge in [-0.3, -0.25) is 9.69 Å². The molecular weight excluding hydrogens is 305 g/mol. The molecule has 1 aliphatic rings. The molecule has 1 fully saturated rings. The maximum absolute atomic E-state index is 13.2. The molecule has 2 aromatic rings. The van der Waals surface area contributed by atoms with Crippen molar-refractivity contribution < 1.29 is 9.18 Å². The molecule has 1 heterocycles. The third-order valence-electron chi connectivity index (χ3n) is 4.36. The summed E-state index contributed by atoms with van der Waals surface area (Å²) in [6.07, 6.45) is 0.407. The molecule has 4 nitrogen and oxygen atoms in total. The Morgan fingerprint density at radius 2 is 1.71 bits per heavy atom. The molecule has 0 aliphatic carbocycles. The lowest BCUT2D eigenvalue weighted by atomic mass is 10.1. The number of carbonyl (C=O) groups excluding carboxylic acids is 1. The van der Waals surface area contributed by atoms with Gasteiger partial charge in [-0.15, -0.1) is 0 Å². The predicted molar refractivity (Wildman–Crippen MR) is 92.8 cm³/mol. The van der Waals surface area contributed by atoms with Crippen molar-refractivity contribution in [1.82, 2.24) is 9.80 Å². The first-order valence-electron chi connectivity index (χ1n) is 8.19. The molecule has 0 bridgehead atoms. The number of anilines is 1. The lowest BCUT2D eigenvalue weighted by Gasteiger charge is -2.34. The molecule has 3 rings (SSSR count). The van der Waals surface area contributed by atoms with E-state index in [2.05, 4.69) is 4.90 Å². The number of hydrogen-bond donors (Lipinski definition) is 1. The Labute approximate surface area is 141 Å². The summed E-state index contributed by atoms with van der Waals surface area (Å²) in [6.45, 7) is 3.76. The number of carbonyl (C=O) groups is 1. The van der Waals surface area contributed by atoms with Crippen LogP contribution >= 0.6 is 0 Å². The van der Waals surface area contributed by atoms with E-state index in [9.17, 15) is 9.18 Å². The van der Waals surface area contributed by atoms with Crippen LogP contribution in [0.4, 0.5) is 10.1 Å². The average molecular weight is 327 g/mol. The van der Waals surface area contributed by atoms with Crippen LogP contribution in [0.1, 0.15) is 11.1 Å². The third-order valence-corrected chi connectivity index (χ3v) is 4.36. The lowest BCUT2D eigenvalue weighted by Crippen LogP contribution is -2.48. The van der Waals surface area contributed by atoms with E-state index >= 15 is 0 Å². The molecule has 0 aromatic heterocycles. The quantitative estimate of drug-likeness (QED) is 0.877. The van der Waals surface area contributed by atoms with Crippen molar-refractivity contribution in [3.63, 3.8) is 0 Å².